The van der Waals surface area contributed by atoms with Gasteiger partial charge in [0.05, 0.1) is 14.7 Å². The molecule has 0 fully saturated rings. The molecule has 0 aromatic heterocycles. The molecule has 0 radical (unpaired) electrons. The minimum Gasteiger partial charge on any atom is -0.468 e. The van der Waals surface area contributed by atoms with Gasteiger partial charge in [0, 0.05) is 0 Å². The van der Waals surface area contributed by atoms with Crippen LogP contribution in [0.25, 0.3) is 0 Å². The van der Waals surface area contributed by atoms with Crippen molar-refractivity contribution in [3.05, 3.63) is 0 Å². The quantitative estimate of drug-likeness (QED) is 0.349. The van der Waals surface area contributed by atoms with E-state index in [4.69, 9.17) is 4.74 Å². The van der Waals surface area contributed by atoms with Gasteiger partial charge in [-0.2, -0.15) is 0 Å². The molecule has 0 spiro atoms. The van der Waals surface area contributed by atoms with Crippen LogP contribution in [0.1, 0.15) is 20.8 Å². The normalized spacial score (nSPS) is 11.2. The van der Waals surface area contributed by atoms with E-state index in [9.17, 15) is 4.79 Å². The highest BCUT2D eigenvalue weighted by Gasteiger charge is 2.25. The number of hydrogen-bond acceptors (Lipinski definition) is 2. The van der Waals surface area contributed by atoms with Gasteiger partial charge in [0.2, 0.25) is 0 Å². The summed E-state index contributed by atoms with van der Waals surface area (Å²) >= 11 is 0. The van der Waals surface area contributed by atoms with Crippen LogP contribution in [-0.2, 0) is 9.53 Å². The minimum atomic E-state index is -1.04. The average Bonchev–Trinajstić information content (AvgIpc) is 2.14. The molecule has 72 valence electrons. The lowest BCUT2D eigenvalue weighted by atomic mass is 10.8. The summed E-state index contributed by atoms with van der Waals surface area (Å²) in [6.45, 7) is 7.98. The fourth-order valence-corrected chi connectivity index (χ4v) is 4.72. The van der Waals surface area contributed by atoms with Crippen LogP contribution in [0.4, 0.5) is 0 Å². The van der Waals surface area contributed by atoms with Crippen LogP contribution in [0.5, 0.6) is 0 Å². The summed E-state index contributed by atoms with van der Waals surface area (Å²) in [6.07, 6.45) is 0. The fourth-order valence-electron chi connectivity index (χ4n) is 1.60. The Hall–Kier alpha value is -0.313. The van der Waals surface area contributed by atoms with Crippen LogP contribution < -0.4 is 0 Å². The summed E-state index contributed by atoms with van der Waals surface area (Å²) in [5.41, 5.74) is 0. The van der Waals surface area contributed by atoms with Crippen molar-refractivity contribution in [2.45, 2.75) is 44.9 Å². The standard InChI is InChI=1S/C9H20O2Si/c1-4-12(5-2,6-3)8-7-11-9-10/h9H,4-8H2,1-3H3. The van der Waals surface area contributed by atoms with Crippen LogP contribution in [0, 0.1) is 0 Å². The van der Waals surface area contributed by atoms with Crippen LogP contribution in [-0.4, -0.2) is 21.2 Å². The Balaban J connectivity index is 3.84. The third kappa shape index (κ3) is 3.39. The van der Waals surface area contributed by atoms with Crippen molar-refractivity contribution < 1.29 is 9.53 Å². The molecule has 0 aliphatic carbocycles. The molecule has 0 aliphatic heterocycles. The van der Waals surface area contributed by atoms with Crippen molar-refractivity contribution in [1.82, 2.24) is 0 Å². The van der Waals surface area contributed by atoms with E-state index in [2.05, 4.69) is 20.8 Å². The van der Waals surface area contributed by atoms with Gasteiger partial charge in [-0.1, -0.05) is 38.9 Å². The zero-order valence-electron chi connectivity index (χ0n) is 8.43. The summed E-state index contributed by atoms with van der Waals surface area (Å²) in [6, 6.07) is 5.06. The van der Waals surface area contributed by atoms with Gasteiger partial charge in [0.1, 0.15) is 0 Å². The van der Waals surface area contributed by atoms with E-state index >= 15 is 0 Å². The number of carbonyl (C=O) groups is 1. The first-order chi connectivity index (χ1) is 5.74. The van der Waals surface area contributed by atoms with Gasteiger partial charge in [-0.3, -0.25) is 4.79 Å². The summed E-state index contributed by atoms with van der Waals surface area (Å²) in [7, 11) is -1.04. The van der Waals surface area contributed by atoms with E-state index in [-0.39, 0.29) is 0 Å². The molecule has 0 bridgehead atoms. The molecule has 0 unspecified atom stereocenters. The number of rotatable bonds is 7. The molecule has 0 aliphatic rings. The zero-order chi connectivity index (χ0) is 9.45. The molecule has 0 amide bonds. The summed E-state index contributed by atoms with van der Waals surface area (Å²) < 4.78 is 4.75. The smallest absolute Gasteiger partial charge is 0.293 e. The molecular formula is C9H20O2Si. The molecule has 0 heterocycles. The fraction of sp³-hybridized carbons (Fsp3) is 0.889. The van der Waals surface area contributed by atoms with E-state index < -0.39 is 8.07 Å². The highest BCUT2D eigenvalue weighted by molar-refractivity contribution is 6.79. The third-order valence-electron chi connectivity index (χ3n) is 3.07. The summed E-state index contributed by atoms with van der Waals surface area (Å²) in [5, 5.41) is 0. The lowest BCUT2D eigenvalue weighted by Gasteiger charge is -2.27. The third-order valence-corrected chi connectivity index (χ3v) is 8.83. The molecule has 0 aromatic carbocycles. The number of ether oxygens (including phenoxy) is 1. The van der Waals surface area contributed by atoms with Crippen LogP contribution in [0.15, 0.2) is 0 Å². The molecule has 3 heteroatoms. The van der Waals surface area contributed by atoms with Gasteiger partial charge in [0.15, 0.2) is 0 Å². The number of carbonyl (C=O) groups excluding carboxylic acids is 1. The average molecular weight is 188 g/mol. The zero-order valence-corrected chi connectivity index (χ0v) is 9.43. The molecule has 0 N–H and O–H groups in total. The van der Waals surface area contributed by atoms with Crippen LogP contribution >= 0.6 is 0 Å². The first-order valence-electron chi connectivity index (χ1n) is 4.80. The van der Waals surface area contributed by atoms with Crippen LogP contribution in [0.3, 0.4) is 0 Å². The highest BCUT2D eigenvalue weighted by Crippen LogP contribution is 2.24. The molecule has 0 saturated heterocycles. The SMILES string of the molecule is CC[Si](CC)(CC)CCOC=O. The van der Waals surface area contributed by atoms with Gasteiger partial charge < -0.3 is 4.74 Å². The van der Waals surface area contributed by atoms with Crippen molar-refractivity contribution in [3.63, 3.8) is 0 Å². The Morgan fingerprint density at radius 1 is 1.17 bits per heavy atom. The first kappa shape index (κ1) is 11.7. The van der Waals surface area contributed by atoms with E-state index in [1.807, 2.05) is 0 Å². The maximum absolute atomic E-state index is 9.95. The highest BCUT2D eigenvalue weighted by atomic mass is 28.3. The molecular weight excluding hydrogens is 168 g/mol. The van der Waals surface area contributed by atoms with E-state index in [1.165, 1.54) is 18.1 Å². The van der Waals surface area contributed by atoms with Crippen molar-refractivity contribution in [2.75, 3.05) is 6.61 Å². The summed E-state index contributed by atoms with van der Waals surface area (Å²) in [4.78, 5) is 9.95. The molecule has 0 saturated carbocycles. The van der Waals surface area contributed by atoms with Crippen molar-refractivity contribution in [1.29, 1.82) is 0 Å². The van der Waals surface area contributed by atoms with E-state index in [1.54, 1.807) is 0 Å². The van der Waals surface area contributed by atoms with Gasteiger partial charge in [-0.05, 0) is 6.04 Å². The maximum atomic E-state index is 9.95. The molecule has 12 heavy (non-hydrogen) atoms. The van der Waals surface area contributed by atoms with Crippen molar-refractivity contribution in [3.8, 4) is 0 Å². The van der Waals surface area contributed by atoms with E-state index in [0.717, 1.165) is 6.04 Å². The second kappa shape index (κ2) is 6.23. The Labute approximate surface area is 76.3 Å². The Bertz CT molecular complexity index is 113. The minimum absolute atomic E-state index is 0.556. The second-order valence-corrected chi connectivity index (χ2v) is 8.90. The largest absolute Gasteiger partial charge is 0.468 e. The van der Waals surface area contributed by atoms with Gasteiger partial charge >= 0.3 is 0 Å². The van der Waals surface area contributed by atoms with Gasteiger partial charge in [-0.25, -0.2) is 0 Å². The Kier molecular flexibility index (Phi) is 6.07. The molecule has 2 nitrogen and oxygen atoms in total. The Morgan fingerprint density at radius 3 is 2.00 bits per heavy atom. The van der Waals surface area contributed by atoms with Crippen LogP contribution in [0.2, 0.25) is 24.2 Å². The Morgan fingerprint density at radius 2 is 1.67 bits per heavy atom. The summed E-state index contributed by atoms with van der Waals surface area (Å²) in [5.74, 6) is 0. The van der Waals surface area contributed by atoms with Gasteiger partial charge in [0.25, 0.3) is 6.47 Å². The lowest BCUT2D eigenvalue weighted by Crippen LogP contribution is -2.32. The first-order valence-corrected chi connectivity index (χ1v) is 7.62. The molecule has 0 atom stereocenters. The second-order valence-electron chi connectivity index (χ2n) is 3.28. The lowest BCUT2D eigenvalue weighted by molar-refractivity contribution is -0.128. The monoisotopic (exact) mass is 188 g/mol. The predicted molar refractivity (Wildman–Crippen MR) is 54.0 cm³/mol. The predicted octanol–water partition coefficient (Wildman–Crippen LogP) is 2.67. The molecule has 0 rings (SSSR count). The van der Waals surface area contributed by atoms with Crippen molar-refractivity contribution >= 4 is 14.5 Å². The van der Waals surface area contributed by atoms with E-state index in [0.29, 0.717) is 13.1 Å². The number of hydrogen-bond donors (Lipinski definition) is 0. The topological polar surface area (TPSA) is 26.3 Å². The molecule has 0 aromatic rings. The van der Waals surface area contributed by atoms with Gasteiger partial charge in [-0.15, -0.1) is 0 Å². The maximum Gasteiger partial charge on any atom is 0.293 e. The van der Waals surface area contributed by atoms with Crippen molar-refractivity contribution in [2.24, 2.45) is 0 Å².